The Balaban J connectivity index is 1.50. The highest BCUT2D eigenvalue weighted by Crippen LogP contribution is 2.34. The number of methoxy groups -OCH3 is 1. The Morgan fingerprint density at radius 2 is 2.00 bits per heavy atom. The monoisotopic (exact) mass is 509 g/mol. The number of benzene rings is 2. The van der Waals surface area contributed by atoms with Crippen LogP contribution in [0.1, 0.15) is 4.88 Å². The van der Waals surface area contributed by atoms with Gasteiger partial charge in [-0.2, -0.15) is 4.68 Å². The van der Waals surface area contributed by atoms with Crippen LogP contribution >= 0.6 is 34.7 Å². The van der Waals surface area contributed by atoms with Gasteiger partial charge >= 0.3 is 0 Å². The average molecular weight is 510 g/mol. The lowest BCUT2D eigenvalue weighted by molar-refractivity contribution is -0.113. The Labute approximate surface area is 207 Å². The Bertz CT molecular complexity index is 1510. The van der Waals surface area contributed by atoms with E-state index in [0.717, 1.165) is 4.88 Å². The zero-order valence-corrected chi connectivity index (χ0v) is 20.1. The number of aliphatic imine (C=N–C) groups is 1. The summed E-state index contributed by atoms with van der Waals surface area (Å²) in [6.07, 6.45) is 1.74. The minimum absolute atomic E-state index is 0.120. The zero-order valence-electron chi connectivity index (χ0n) is 17.7. The maximum absolute atomic E-state index is 13.3. The molecule has 2 aromatic carbocycles. The largest absolute Gasteiger partial charge is 0.495 e. The molecule has 1 aliphatic rings. The highest BCUT2D eigenvalue weighted by Gasteiger charge is 2.32. The van der Waals surface area contributed by atoms with Crippen LogP contribution in [-0.4, -0.2) is 33.2 Å². The van der Waals surface area contributed by atoms with E-state index in [0.29, 0.717) is 32.5 Å². The van der Waals surface area contributed by atoms with Gasteiger partial charge in [-0.3, -0.25) is 14.5 Å². The van der Waals surface area contributed by atoms with E-state index in [-0.39, 0.29) is 23.0 Å². The van der Waals surface area contributed by atoms with Gasteiger partial charge in [0.25, 0.3) is 11.5 Å². The second kappa shape index (κ2) is 9.41. The van der Waals surface area contributed by atoms with Gasteiger partial charge in [0.05, 0.1) is 29.1 Å². The molecule has 1 amide bonds. The smallest absolute Gasteiger partial charge is 0.283 e. The molecule has 0 aliphatic carbocycles. The van der Waals surface area contributed by atoms with E-state index in [9.17, 15) is 9.59 Å². The molecule has 0 spiro atoms. The second-order valence-corrected chi connectivity index (χ2v) is 9.38. The summed E-state index contributed by atoms with van der Waals surface area (Å²) in [5, 5.41) is 11.3. The van der Waals surface area contributed by atoms with Crippen molar-refractivity contribution in [1.82, 2.24) is 15.0 Å². The molecule has 1 aliphatic heterocycles. The molecule has 34 heavy (non-hydrogen) atoms. The minimum Gasteiger partial charge on any atom is -0.495 e. The van der Waals surface area contributed by atoms with Crippen molar-refractivity contribution >= 4 is 68.4 Å². The number of rotatable bonds is 5. The van der Waals surface area contributed by atoms with Crippen LogP contribution in [0.2, 0.25) is 5.02 Å². The molecular weight excluding hydrogens is 494 g/mol. The fourth-order valence-electron chi connectivity index (χ4n) is 3.35. The van der Waals surface area contributed by atoms with Crippen molar-refractivity contribution in [3.05, 3.63) is 85.9 Å². The zero-order chi connectivity index (χ0) is 23.7. The van der Waals surface area contributed by atoms with Gasteiger partial charge in [-0.1, -0.05) is 46.8 Å². The molecule has 0 bridgehead atoms. The van der Waals surface area contributed by atoms with E-state index in [1.807, 2.05) is 17.5 Å². The second-order valence-electron chi connectivity index (χ2n) is 7.08. The quantitative estimate of drug-likeness (QED) is 0.364. The minimum atomic E-state index is -0.297. The van der Waals surface area contributed by atoms with E-state index < -0.39 is 0 Å². The first-order chi connectivity index (χ1) is 16.5. The highest BCUT2D eigenvalue weighted by atomic mass is 35.5. The summed E-state index contributed by atoms with van der Waals surface area (Å²) in [7, 11) is 1.52. The summed E-state index contributed by atoms with van der Waals surface area (Å²) < 4.78 is 6.48. The van der Waals surface area contributed by atoms with Crippen LogP contribution in [0.4, 0.5) is 5.69 Å². The van der Waals surface area contributed by atoms with Crippen LogP contribution in [0.25, 0.3) is 17.0 Å². The van der Waals surface area contributed by atoms with Crippen LogP contribution in [-0.2, 0) is 10.7 Å². The van der Waals surface area contributed by atoms with Crippen LogP contribution in [0.3, 0.4) is 0 Å². The molecule has 0 atom stereocenters. The van der Waals surface area contributed by atoms with Gasteiger partial charge in [0.1, 0.15) is 17.0 Å². The van der Waals surface area contributed by atoms with Gasteiger partial charge in [-0.15, -0.1) is 16.4 Å². The summed E-state index contributed by atoms with van der Waals surface area (Å²) in [5.41, 5.74) is 1.08. The van der Waals surface area contributed by atoms with Crippen molar-refractivity contribution in [2.45, 2.75) is 5.88 Å². The van der Waals surface area contributed by atoms with Gasteiger partial charge in [-0.25, -0.2) is 4.99 Å². The van der Waals surface area contributed by atoms with Crippen molar-refractivity contribution in [3.8, 4) is 5.75 Å². The predicted octanol–water partition coefficient (Wildman–Crippen LogP) is 4.65. The highest BCUT2D eigenvalue weighted by molar-refractivity contribution is 8.13. The lowest BCUT2D eigenvalue weighted by Gasteiger charge is -2.18. The van der Waals surface area contributed by atoms with Crippen LogP contribution in [0, 0.1) is 0 Å². The number of anilines is 1. The number of carbonyl (C=O) groups excluding carboxylic acids is 1. The number of aromatic nitrogens is 3. The number of ether oxygens (including phenoxy) is 1. The number of halogens is 1. The molecule has 0 saturated carbocycles. The van der Waals surface area contributed by atoms with E-state index in [2.05, 4.69) is 15.3 Å². The standard InChI is InChI=1S/C23H16ClN5O3S2/c1-32-20-9-8-14(11-17(20)24)29-22(31)19(12-15-5-4-10-33-15)25-23(29)34-13-28-21(30)16-6-2-3-7-18(16)26-27-28/h2-12H,13H2,1H3/b19-12+. The molecule has 0 radical (unpaired) electrons. The third-order valence-electron chi connectivity index (χ3n) is 4.99. The molecule has 11 heteroatoms. The maximum Gasteiger partial charge on any atom is 0.283 e. The molecule has 0 unspecified atom stereocenters. The molecule has 2 aromatic heterocycles. The molecule has 170 valence electrons. The van der Waals surface area contributed by atoms with E-state index >= 15 is 0 Å². The third kappa shape index (κ3) is 4.23. The summed E-state index contributed by atoms with van der Waals surface area (Å²) >= 11 is 9.03. The van der Waals surface area contributed by atoms with Crippen molar-refractivity contribution < 1.29 is 9.53 Å². The first-order valence-electron chi connectivity index (χ1n) is 10.0. The molecule has 0 N–H and O–H groups in total. The Morgan fingerprint density at radius 3 is 2.76 bits per heavy atom. The molecule has 3 heterocycles. The van der Waals surface area contributed by atoms with Gasteiger partial charge in [0, 0.05) is 4.88 Å². The molecule has 5 rings (SSSR count). The van der Waals surface area contributed by atoms with Gasteiger partial charge in [0.2, 0.25) is 0 Å². The number of carbonyl (C=O) groups is 1. The Morgan fingerprint density at radius 1 is 1.15 bits per heavy atom. The maximum atomic E-state index is 13.3. The first kappa shape index (κ1) is 22.3. The van der Waals surface area contributed by atoms with E-state index in [4.69, 9.17) is 16.3 Å². The van der Waals surface area contributed by atoms with Gasteiger partial charge in [0.15, 0.2) is 5.17 Å². The fourth-order valence-corrected chi connectivity index (χ4v) is 5.14. The Kier molecular flexibility index (Phi) is 6.18. The number of fused-ring (bicyclic) bond motifs is 1. The molecular formula is C23H16ClN5O3S2. The summed E-state index contributed by atoms with van der Waals surface area (Å²) in [6, 6.07) is 15.9. The van der Waals surface area contributed by atoms with Crippen molar-refractivity contribution in [2.75, 3.05) is 12.0 Å². The Hall–Kier alpha value is -3.47. The molecule has 0 fully saturated rings. The number of nitrogens with zero attached hydrogens (tertiary/aromatic N) is 5. The fraction of sp³-hybridized carbons (Fsp3) is 0.0870. The molecule has 8 nitrogen and oxygen atoms in total. The van der Waals surface area contributed by atoms with Crippen molar-refractivity contribution in [2.24, 2.45) is 4.99 Å². The topological polar surface area (TPSA) is 89.7 Å². The summed E-state index contributed by atoms with van der Waals surface area (Å²) in [4.78, 5) is 33.1. The SMILES string of the molecule is COc1ccc(N2C(=O)/C(=C\c3cccs3)N=C2SCn2nnc3ccccc3c2=O)cc1Cl. The lowest BCUT2D eigenvalue weighted by Crippen LogP contribution is -2.31. The molecule has 0 saturated heterocycles. The van der Waals surface area contributed by atoms with Crippen LogP contribution in [0.15, 0.2) is 75.5 Å². The number of thiophene rings is 1. The van der Waals surface area contributed by atoms with E-state index in [1.165, 1.54) is 39.8 Å². The average Bonchev–Trinajstić information content (AvgIpc) is 3.47. The van der Waals surface area contributed by atoms with Crippen LogP contribution < -0.4 is 15.2 Å². The molecule has 4 aromatic rings. The van der Waals surface area contributed by atoms with Gasteiger partial charge in [-0.05, 0) is 47.9 Å². The number of amides is 1. The number of hydrogen-bond acceptors (Lipinski definition) is 8. The number of hydrogen-bond donors (Lipinski definition) is 0. The number of thioether (sulfide) groups is 1. The van der Waals surface area contributed by atoms with Gasteiger partial charge < -0.3 is 4.74 Å². The summed E-state index contributed by atoms with van der Waals surface area (Å²) in [6.45, 7) is 0. The van der Waals surface area contributed by atoms with E-state index in [1.54, 1.807) is 48.5 Å². The van der Waals surface area contributed by atoms with Crippen molar-refractivity contribution in [1.29, 1.82) is 0 Å². The van der Waals surface area contributed by atoms with Crippen molar-refractivity contribution in [3.63, 3.8) is 0 Å². The first-order valence-corrected chi connectivity index (χ1v) is 12.3. The predicted molar refractivity (Wildman–Crippen MR) is 137 cm³/mol. The third-order valence-corrected chi connectivity index (χ3v) is 7.01. The normalized spacial score (nSPS) is 14.8. The lowest BCUT2D eigenvalue weighted by atomic mass is 10.2. The number of amidine groups is 1. The summed E-state index contributed by atoms with van der Waals surface area (Å²) in [5.74, 6) is 0.319. The van der Waals surface area contributed by atoms with Crippen LogP contribution in [0.5, 0.6) is 5.75 Å².